The van der Waals surface area contributed by atoms with Crippen molar-refractivity contribution in [1.29, 1.82) is 5.41 Å². The van der Waals surface area contributed by atoms with Crippen LogP contribution in [-0.2, 0) is 16.0 Å². The lowest BCUT2D eigenvalue weighted by Crippen LogP contribution is -2.21. The van der Waals surface area contributed by atoms with E-state index in [0.717, 1.165) is 40.7 Å². The predicted octanol–water partition coefficient (Wildman–Crippen LogP) is 4.96. The van der Waals surface area contributed by atoms with E-state index in [4.69, 9.17) is 15.9 Å². The summed E-state index contributed by atoms with van der Waals surface area (Å²) >= 11 is 0. The van der Waals surface area contributed by atoms with Crippen LogP contribution in [0.4, 0.5) is 10.1 Å². The zero-order valence-electron chi connectivity index (χ0n) is 18.7. The smallest absolute Gasteiger partial charge is 0.309 e. The lowest BCUT2D eigenvalue weighted by Gasteiger charge is -2.26. The molecule has 172 valence electrons. The van der Waals surface area contributed by atoms with Crippen molar-refractivity contribution in [2.45, 2.75) is 44.9 Å². The summed E-state index contributed by atoms with van der Waals surface area (Å²) in [6, 6.07) is 8.82. The number of aliphatic carboxylic acids is 1. The molecule has 6 nitrogen and oxygen atoms in total. The number of rotatable bonds is 6. The van der Waals surface area contributed by atoms with Crippen LogP contribution in [0.3, 0.4) is 0 Å². The number of hydrogen-bond donors (Lipinski definition) is 3. The van der Waals surface area contributed by atoms with Gasteiger partial charge in [-0.2, -0.15) is 0 Å². The van der Waals surface area contributed by atoms with Crippen molar-refractivity contribution in [3.05, 3.63) is 58.5 Å². The zero-order valence-corrected chi connectivity index (χ0v) is 18.7. The Hall–Kier alpha value is -3.19. The van der Waals surface area contributed by atoms with Crippen molar-refractivity contribution in [3.63, 3.8) is 0 Å². The second-order valence-corrected chi connectivity index (χ2v) is 9.42. The van der Waals surface area contributed by atoms with E-state index in [2.05, 4.69) is 4.57 Å². The number of hydrogen-bond acceptors (Lipinski definition) is 4. The number of aryl methyl sites for hydroxylation is 1. The predicted molar refractivity (Wildman–Crippen MR) is 126 cm³/mol. The molecule has 0 atom stereocenters. The molecule has 3 aromatic rings. The molecule has 0 spiro atoms. The van der Waals surface area contributed by atoms with E-state index in [1.165, 1.54) is 12.3 Å². The summed E-state index contributed by atoms with van der Waals surface area (Å²) in [5.74, 6) is -0.848. The third kappa shape index (κ3) is 3.60. The van der Waals surface area contributed by atoms with Crippen LogP contribution >= 0.6 is 0 Å². The molecule has 4 N–H and O–H groups in total. The highest BCUT2D eigenvalue weighted by Gasteiger charge is 2.51. The maximum Gasteiger partial charge on any atom is 0.309 e. The Kier molecular flexibility index (Phi) is 5.24. The van der Waals surface area contributed by atoms with Gasteiger partial charge in [0.15, 0.2) is 0 Å². The van der Waals surface area contributed by atoms with Crippen molar-refractivity contribution >= 4 is 28.8 Å². The van der Waals surface area contributed by atoms with Crippen LogP contribution in [0.25, 0.3) is 16.6 Å². The molecule has 1 aliphatic carbocycles. The average molecular weight is 450 g/mol. The van der Waals surface area contributed by atoms with Gasteiger partial charge in [0.25, 0.3) is 0 Å². The van der Waals surface area contributed by atoms with Crippen LogP contribution in [-0.4, -0.2) is 35.1 Å². The van der Waals surface area contributed by atoms with E-state index in [9.17, 15) is 14.3 Å². The van der Waals surface area contributed by atoms with Crippen molar-refractivity contribution in [3.8, 4) is 5.69 Å². The number of anilines is 1. The summed E-state index contributed by atoms with van der Waals surface area (Å²) in [6.07, 6.45) is 4.64. The molecule has 0 unspecified atom stereocenters. The molecule has 2 aromatic carbocycles. The van der Waals surface area contributed by atoms with Crippen molar-refractivity contribution in [2.75, 3.05) is 18.9 Å². The highest BCUT2D eigenvalue weighted by atomic mass is 19.1. The number of nitrogens with two attached hydrogens (primary N) is 1. The first-order valence-electron chi connectivity index (χ1n) is 11.4. The van der Waals surface area contributed by atoms with Gasteiger partial charge in [-0.15, -0.1) is 0 Å². The molecule has 33 heavy (non-hydrogen) atoms. The van der Waals surface area contributed by atoms with Gasteiger partial charge in [0.1, 0.15) is 5.82 Å². The number of aromatic nitrogens is 1. The highest BCUT2D eigenvalue weighted by molar-refractivity contribution is 5.98. The van der Waals surface area contributed by atoms with Crippen LogP contribution in [0.1, 0.15) is 54.0 Å². The number of nitrogens with one attached hydrogen (secondary N) is 1. The number of carboxylic acids is 1. The van der Waals surface area contributed by atoms with Crippen LogP contribution in [0.15, 0.2) is 30.3 Å². The minimum Gasteiger partial charge on any atom is -0.481 e. The van der Waals surface area contributed by atoms with Crippen LogP contribution in [0.2, 0.25) is 0 Å². The molecule has 7 heteroatoms. The number of benzene rings is 2. The summed E-state index contributed by atoms with van der Waals surface area (Å²) in [7, 11) is 0. The Balaban J connectivity index is 1.84. The zero-order chi connectivity index (χ0) is 23.3. The molecular weight excluding hydrogens is 421 g/mol. The lowest BCUT2D eigenvalue weighted by molar-refractivity contribution is -0.143. The van der Waals surface area contributed by atoms with Crippen molar-refractivity contribution in [2.24, 2.45) is 5.41 Å². The second-order valence-electron chi connectivity index (χ2n) is 9.42. The number of ether oxygens (including phenoxy) is 1. The molecule has 0 radical (unpaired) electrons. The standard InChI is InChI=1S/C26H28FN3O3/c1-15-10-18(2-3-21(15)27)30-23-11-17(14-28)22(29)12-19(23)20(13-26(6-7-26)25(31)32)24(30)16-4-8-33-9-5-16/h2-3,10-12,14,16,28H,4-9,13,29H2,1H3,(H,31,32). The summed E-state index contributed by atoms with van der Waals surface area (Å²) in [6.45, 7) is 3.03. The Morgan fingerprint density at radius 3 is 2.64 bits per heavy atom. The van der Waals surface area contributed by atoms with Gasteiger partial charge in [-0.25, -0.2) is 4.39 Å². The second kappa shape index (κ2) is 7.99. The third-order valence-corrected chi connectivity index (χ3v) is 7.30. The summed E-state index contributed by atoms with van der Waals surface area (Å²) in [4.78, 5) is 12.1. The number of halogens is 1. The molecule has 1 aromatic heterocycles. The fourth-order valence-electron chi connectivity index (χ4n) is 5.16. The lowest BCUT2D eigenvalue weighted by atomic mass is 9.87. The molecule has 2 heterocycles. The Labute approximate surface area is 191 Å². The number of nitrogens with zero attached hydrogens (tertiary/aromatic N) is 1. The maximum absolute atomic E-state index is 14.1. The van der Waals surface area contributed by atoms with Gasteiger partial charge in [0, 0.05) is 53.4 Å². The van der Waals surface area contributed by atoms with E-state index >= 15 is 0 Å². The van der Waals surface area contributed by atoms with Crippen molar-refractivity contribution in [1.82, 2.24) is 4.57 Å². The largest absolute Gasteiger partial charge is 0.481 e. The summed E-state index contributed by atoms with van der Waals surface area (Å²) in [5, 5.41) is 18.7. The normalized spacial score (nSPS) is 17.9. The first-order valence-corrected chi connectivity index (χ1v) is 11.4. The molecule has 1 saturated carbocycles. The number of carbonyl (C=O) groups is 1. The monoisotopic (exact) mass is 449 g/mol. The van der Waals surface area contributed by atoms with Gasteiger partial charge < -0.3 is 25.6 Å². The Morgan fingerprint density at radius 1 is 1.30 bits per heavy atom. The topological polar surface area (TPSA) is 101 Å². The SMILES string of the molecule is Cc1cc(-n2c(C3CCOCC3)c(CC3(C(=O)O)CC3)c3cc(N)c(C=N)cc32)ccc1F. The van der Waals surface area contributed by atoms with Crippen LogP contribution in [0, 0.1) is 23.6 Å². The molecule has 1 saturated heterocycles. The molecule has 0 amide bonds. The van der Waals surface area contributed by atoms with E-state index in [0.29, 0.717) is 49.3 Å². The van der Waals surface area contributed by atoms with Gasteiger partial charge >= 0.3 is 5.97 Å². The molecule has 1 aliphatic heterocycles. The number of fused-ring (bicyclic) bond motifs is 1. The number of nitrogen functional groups attached to an aromatic ring is 1. The third-order valence-electron chi connectivity index (χ3n) is 7.30. The molecule has 2 fully saturated rings. The first kappa shape index (κ1) is 21.6. The Morgan fingerprint density at radius 2 is 2.03 bits per heavy atom. The van der Waals surface area contributed by atoms with Crippen LogP contribution in [0.5, 0.6) is 0 Å². The summed E-state index contributed by atoms with van der Waals surface area (Å²) < 4.78 is 21.9. The molecule has 2 aliphatic rings. The molecular formula is C26H28FN3O3. The van der Waals surface area contributed by atoms with Gasteiger partial charge in [-0.1, -0.05) is 0 Å². The van der Waals surface area contributed by atoms with Crippen molar-refractivity contribution < 1.29 is 19.0 Å². The van der Waals surface area contributed by atoms with E-state index in [1.54, 1.807) is 13.0 Å². The fourth-order valence-corrected chi connectivity index (χ4v) is 5.16. The fraction of sp³-hybridized carbons (Fsp3) is 0.385. The summed E-state index contributed by atoms with van der Waals surface area (Å²) in [5.41, 5.74) is 10.9. The molecule has 0 bridgehead atoms. The first-order chi connectivity index (χ1) is 15.8. The average Bonchev–Trinajstić information content (AvgIpc) is 3.54. The quantitative estimate of drug-likeness (QED) is 0.366. The molecule has 5 rings (SSSR count). The number of carboxylic acid groups (broad SMARTS) is 1. The van der Waals surface area contributed by atoms with E-state index in [-0.39, 0.29) is 11.7 Å². The maximum atomic E-state index is 14.1. The Bertz CT molecular complexity index is 1270. The minimum absolute atomic E-state index is 0.181. The van der Waals surface area contributed by atoms with E-state index in [1.807, 2.05) is 18.2 Å². The minimum atomic E-state index is -0.761. The highest BCUT2D eigenvalue weighted by Crippen LogP contribution is 2.52. The van der Waals surface area contributed by atoms with Gasteiger partial charge in [-0.3, -0.25) is 4.79 Å². The van der Waals surface area contributed by atoms with E-state index < -0.39 is 11.4 Å². The van der Waals surface area contributed by atoms with Gasteiger partial charge in [-0.05, 0) is 80.5 Å². The van der Waals surface area contributed by atoms with Gasteiger partial charge in [0.05, 0.1) is 10.9 Å². The van der Waals surface area contributed by atoms with Crippen LogP contribution < -0.4 is 5.73 Å². The van der Waals surface area contributed by atoms with Gasteiger partial charge in [0.2, 0.25) is 0 Å².